The van der Waals surface area contributed by atoms with Crippen LogP contribution in [0.5, 0.6) is 0 Å². The van der Waals surface area contributed by atoms with Gasteiger partial charge < -0.3 is 4.74 Å². The van der Waals surface area contributed by atoms with Crippen LogP contribution < -0.4 is 0 Å². The van der Waals surface area contributed by atoms with Crippen molar-refractivity contribution in [3.05, 3.63) is 16.5 Å². The first-order chi connectivity index (χ1) is 8.11. The molecule has 0 aliphatic heterocycles. The highest BCUT2D eigenvalue weighted by molar-refractivity contribution is 7.15. The third kappa shape index (κ3) is 2.33. The van der Waals surface area contributed by atoms with E-state index in [2.05, 4.69) is 20.2 Å². The zero-order valence-electron chi connectivity index (χ0n) is 9.77. The summed E-state index contributed by atoms with van der Waals surface area (Å²) < 4.78 is 4.82. The van der Waals surface area contributed by atoms with Crippen molar-refractivity contribution < 1.29 is 9.53 Å². The molecule has 0 aromatic carbocycles. The quantitative estimate of drug-likeness (QED) is 0.841. The second-order valence-electron chi connectivity index (χ2n) is 3.38. The summed E-state index contributed by atoms with van der Waals surface area (Å²) in [6.45, 7) is 5.86. The second kappa shape index (κ2) is 4.62. The van der Waals surface area contributed by atoms with E-state index in [4.69, 9.17) is 4.74 Å². The molecule has 2 aromatic heterocycles. The minimum atomic E-state index is -0.520. The van der Waals surface area contributed by atoms with Crippen molar-refractivity contribution in [2.45, 2.75) is 20.8 Å². The third-order valence-electron chi connectivity index (χ3n) is 2.06. The molecule has 0 fully saturated rings. The summed E-state index contributed by atoms with van der Waals surface area (Å²) >= 11 is 1.51. The number of rotatable bonds is 3. The lowest BCUT2D eigenvalue weighted by Gasteiger charge is -1.94. The molecule has 90 valence electrons. The van der Waals surface area contributed by atoms with Crippen LogP contribution in [0.3, 0.4) is 0 Å². The molecular weight excluding hydrogens is 240 g/mol. The van der Waals surface area contributed by atoms with E-state index < -0.39 is 5.97 Å². The van der Waals surface area contributed by atoms with E-state index in [9.17, 15) is 4.79 Å². The van der Waals surface area contributed by atoms with Crippen LogP contribution >= 0.6 is 11.3 Å². The molecule has 6 nitrogen and oxygen atoms in total. The molecule has 0 aliphatic rings. The number of H-pyrrole nitrogens is 1. The van der Waals surface area contributed by atoms with E-state index in [1.54, 1.807) is 6.92 Å². The van der Waals surface area contributed by atoms with Crippen LogP contribution in [0, 0.1) is 13.8 Å². The van der Waals surface area contributed by atoms with Gasteiger partial charge in [0.2, 0.25) is 0 Å². The molecule has 7 heteroatoms. The first-order valence-electron chi connectivity index (χ1n) is 5.15. The van der Waals surface area contributed by atoms with E-state index in [0.717, 1.165) is 15.6 Å². The topological polar surface area (TPSA) is 80.8 Å². The fourth-order valence-electron chi connectivity index (χ4n) is 1.40. The largest absolute Gasteiger partial charge is 0.460 e. The normalized spacial score (nSPS) is 10.5. The Morgan fingerprint density at radius 2 is 2.18 bits per heavy atom. The summed E-state index contributed by atoms with van der Waals surface area (Å²) in [5.41, 5.74) is 0.874. The number of nitrogens with zero attached hydrogens (tertiary/aromatic N) is 3. The number of aromatic amines is 1. The summed E-state index contributed by atoms with van der Waals surface area (Å²) in [4.78, 5) is 20.7. The minimum Gasteiger partial charge on any atom is -0.460 e. The molecule has 0 saturated carbocycles. The Bertz CT molecular complexity index is 546. The van der Waals surface area contributed by atoms with E-state index in [1.165, 1.54) is 11.3 Å². The molecule has 0 radical (unpaired) electrons. The summed E-state index contributed by atoms with van der Waals surface area (Å²) in [7, 11) is 0. The molecule has 2 aromatic rings. The van der Waals surface area contributed by atoms with Crippen LogP contribution in [-0.4, -0.2) is 32.7 Å². The molecule has 0 unspecified atom stereocenters. The number of ether oxygens (including phenoxy) is 1. The molecule has 2 heterocycles. The predicted molar refractivity (Wildman–Crippen MR) is 62.9 cm³/mol. The molecule has 17 heavy (non-hydrogen) atoms. The van der Waals surface area contributed by atoms with Gasteiger partial charge in [-0.15, -0.1) is 16.4 Å². The molecule has 0 atom stereocenters. The Labute approximate surface area is 102 Å². The van der Waals surface area contributed by atoms with Crippen LogP contribution in [0.1, 0.15) is 28.2 Å². The SMILES string of the molecule is CCOC(=O)c1n[nH]c(-c2sc(C)nc2C)n1. The number of carbonyl (C=O) groups is 1. The van der Waals surface area contributed by atoms with Crippen molar-refractivity contribution in [3.63, 3.8) is 0 Å². The Kier molecular flexibility index (Phi) is 3.19. The van der Waals surface area contributed by atoms with Gasteiger partial charge >= 0.3 is 5.97 Å². The number of nitrogens with one attached hydrogen (secondary N) is 1. The molecule has 0 amide bonds. The Hall–Kier alpha value is -1.76. The van der Waals surface area contributed by atoms with E-state index in [-0.39, 0.29) is 5.82 Å². The lowest BCUT2D eigenvalue weighted by molar-refractivity contribution is 0.0512. The van der Waals surface area contributed by atoms with Crippen LogP contribution in [0.4, 0.5) is 0 Å². The molecule has 0 bridgehead atoms. The minimum absolute atomic E-state index is 0.0484. The monoisotopic (exact) mass is 252 g/mol. The molecule has 2 rings (SSSR count). The third-order valence-corrected chi connectivity index (χ3v) is 3.14. The Morgan fingerprint density at radius 3 is 2.76 bits per heavy atom. The van der Waals surface area contributed by atoms with Gasteiger partial charge in [-0.1, -0.05) is 0 Å². The standard InChI is InChI=1S/C10H12N4O2S/c1-4-16-10(15)9-12-8(13-14-9)7-5(2)11-6(3)17-7/h4H2,1-3H3,(H,12,13,14). The van der Waals surface area contributed by atoms with Gasteiger partial charge in [0.1, 0.15) is 0 Å². The fourth-order valence-corrected chi connectivity index (χ4v) is 2.26. The lowest BCUT2D eigenvalue weighted by Crippen LogP contribution is -2.06. The Morgan fingerprint density at radius 1 is 1.41 bits per heavy atom. The number of aromatic nitrogens is 4. The first-order valence-corrected chi connectivity index (χ1v) is 5.97. The first kappa shape index (κ1) is 11.7. The van der Waals surface area contributed by atoms with Gasteiger partial charge in [0.15, 0.2) is 5.82 Å². The lowest BCUT2D eigenvalue weighted by atomic mass is 10.4. The number of hydrogen-bond donors (Lipinski definition) is 1. The van der Waals surface area contributed by atoms with Crippen molar-refractivity contribution >= 4 is 17.3 Å². The molecule has 1 N–H and O–H groups in total. The average Bonchev–Trinajstić information content (AvgIpc) is 2.85. The summed E-state index contributed by atoms with van der Waals surface area (Å²) in [5.74, 6) is 0.0809. The van der Waals surface area contributed by atoms with Crippen LogP contribution in [0.2, 0.25) is 0 Å². The van der Waals surface area contributed by atoms with Crippen molar-refractivity contribution in [1.29, 1.82) is 0 Å². The van der Waals surface area contributed by atoms with Crippen LogP contribution in [-0.2, 0) is 4.74 Å². The number of hydrogen-bond acceptors (Lipinski definition) is 6. The van der Waals surface area contributed by atoms with Gasteiger partial charge in [-0.25, -0.2) is 14.8 Å². The molecule has 0 saturated heterocycles. The molecule has 0 spiro atoms. The summed E-state index contributed by atoms with van der Waals surface area (Å²) in [5, 5.41) is 7.50. The smallest absolute Gasteiger partial charge is 0.378 e. The van der Waals surface area contributed by atoms with Gasteiger partial charge in [0, 0.05) is 0 Å². The molecular formula is C10H12N4O2S. The van der Waals surface area contributed by atoms with Crippen molar-refractivity contribution in [2.75, 3.05) is 6.61 Å². The zero-order chi connectivity index (χ0) is 12.4. The van der Waals surface area contributed by atoms with Crippen molar-refractivity contribution in [2.24, 2.45) is 0 Å². The van der Waals surface area contributed by atoms with Gasteiger partial charge in [-0.2, -0.15) is 0 Å². The zero-order valence-corrected chi connectivity index (χ0v) is 10.6. The number of esters is 1. The van der Waals surface area contributed by atoms with Gasteiger partial charge in [-0.3, -0.25) is 5.10 Å². The molecule has 0 aliphatic carbocycles. The number of aryl methyl sites for hydroxylation is 2. The maximum atomic E-state index is 11.4. The fraction of sp³-hybridized carbons (Fsp3) is 0.400. The van der Waals surface area contributed by atoms with E-state index >= 15 is 0 Å². The highest BCUT2D eigenvalue weighted by atomic mass is 32.1. The summed E-state index contributed by atoms with van der Waals surface area (Å²) in [6.07, 6.45) is 0. The second-order valence-corrected chi connectivity index (χ2v) is 4.58. The number of carbonyl (C=O) groups excluding carboxylic acids is 1. The van der Waals surface area contributed by atoms with E-state index in [0.29, 0.717) is 12.4 Å². The van der Waals surface area contributed by atoms with Gasteiger partial charge in [0.05, 0.1) is 22.2 Å². The maximum absolute atomic E-state index is 11.4. The van der Waals surface area contributed by atoms with Crippen LogP contribution in [0.25, 0.3) is 10.7 Å². The average molecular weight is 252 g/mol. The van der Waals surface area contributed by atoms with Gasteiger partial charge in [-0.05, 0) is 20.8 Å². The summed E-state index contributed by atoms with van der Waals surface area (Å²) in [6, 6.07) is 0. The van der Waals surface area contributed by atoms with Crippen LogP contribution in [0.15, 0.2) is 0 Å². The maximum Gasteiger partial charge on any atom is 0.378 e. The van der Waals surface area contributed by atoms with Crippen molar-refractivity contribution in [1.82, 2.24) is 20.2 Å². The Balaban J connectivity index is 2.30. The number of thiazole rings is 1. The predicted octanol–water partition coefficient (Wildman–Crippen LogP) is 1.72. The van der Waals surface area contributed by atoms with Crippen molar-refractivity contribution in [3.8, 4) is 10.7 Å². The highest BCUT2D eigenvalue weighted by Gasteiger charge is 2.17. The van der Waals surface area contributed by atoms with E-state index in [1.807, 2.05) is 13.8 Å². The highest BCUT2D eigenvalue weighted by Crippen LogP contribution is 2.26. The van der Waals surface area contributed by atoms with Gasteiger partial charge in [0.25, 0.3) is 5.82 Å².